The van der Waals surface area contributed by atoms with Gasteiger partial charge >= 0.3 is 6.29 Å². The highest BCUT2D eigenvalue weighted by Gasteiger charge is 2.43. The topological polar surface area (TPSA) is 73.6 Å². The molecule has 2 heterocycles. The van der Waals surface area contributed by atoms with Crippen LogP contribution in [0.5, 0.6) is 11.5 Å². The number of rotatable bonds is 4. The lowest BCUT2D eigenvalue weighted by molar-refractivity contribution is -0.286. The third-order valence-electron chi connectivity index (χ3n) is 4.59. The molecule has 0 saturated carbocycles. The van der Waals surface area contributed by atoms with Gasteiger partial charge in [0.05, 0.1) is 10.7 Å². The SMILES string of the molecule is Cc1noc(C(C)C)c1C(=O)Nc1ccc(-c2cc3c(cc2Cl)OC(F)(F)O3)cc1. The number of aryl methyl sites for hydroxylation is 1. The summed E-state index contributed by atoms with van der Waals surface area (Å²) in [5.41, 5.74) is 2.61. The molecule has 0 spiro atoms. The lowest BCUT2D eigenvalue weighted by Gasteiger charge is -2.09. The van der Waals surface area contributed by atoms with Gasteiger partial charge in [0, 0.05) is 23.2 Å². The molecule has 0 unspecified atom stereocenters. The van der Waals surface area contributed by atoms with E-state index in [4.69, 9.17) is 16.1 Å². The predicted octanol–water partition coefficient (Wildman–Crippen LogP) is 6.00. The van der Waals surface area contributed by atoms with Crippen LogP contribution in [-0.2, 0) is 0 Å². The van der Waals surface area contributed by atoms with E-state index in [0.29, 0.717) is 33.8 Å². The lowest BCUT2D eigenvalue weighted by Crippen LogP contribution is -2.25. The van der Waals surface area contributed by atoms with Crippen LogP contribution in [0, 0.1) is 6.92 Å². The maximum atomic E-state index is 13.3. The molecule has 3 aromatic rings. The largest absolute Gasteiger partial charge is 0.586 e. The zero-order valence-electron chi connectivity index (χ0n) is 16.3. The van der Waals surface area contributed by atoms with Crippen molar-refractivity contribution in [1.29, 1.82) is 0 Å². The lowest BCUT2D eigenvalue weighted by atomic mass is 10.0. The van der Waals surface area contributed by atoms with E-state index in [0.717, 1.165) is 0 Å². The number of amides is 1. The van der Waals surface area contributed by atoms with Crippen LogP contribution in [0.1, 0.15) is 41.6 Å². The second-order valence-corrected chi connectivity index (χ2v) is 7.55. The van der Waals surface area contributed by atoms with E-state index in [2.05, 4.69) is 19.9 Å². The van der Waals surface area contributed by atoms with Crippen molar-refractivity contribution in [3.8, 4) is 22.6 Å². The Labute approximate surface area is 175 Å². The van der Waals surface area contributed by atoms with Gasteiger partial charge < -0.3 is 19.3 Å². The van der Waals surface area contributed by atoms with Crippen molar-refractivity contribution < 1.29 is 27.6 Å². The molecule has 0 atom stereocenters. The average molecular weight is 435 g/mol. The van der Waals surface area contributed by atoms with Crippen LogP contribution in [0.25, 0.3) is 11.1 Å². The molecule has 0 saturated heterocycles. The Morgan fingerprint density at radius 3 is 2.40 bits per heavy atom. The van der Waals surface area contributed by atoms with Gasteiger partial charge in [0.25, 0.3) is 5.91 Å². The number of nitrogens with one attached hydrogen (secondary N) is 1. The molecule has 1 amide bonds. The number of fused-ring (bicyclic) bond motifs is 1. The molecule has 2 aromatic carbocycles. The molecule has 156 valence electrons. The molecule has 0 radical (unpaired) electrons. The normalized spacial score (nSPS) is 14.2. The van der Waals surface area contributed by atoms with Crippen LogP contribution in [0.2, 0.25) is 5.02 Å². The first-order valence-corrected chi connectivity index (χ1v) is 9.50. The summed E-state index contributed by atoms with van der Waals surface area (Å²) in [6, 6.07) is 9.45. The fourth-order valence-electron chi connectivity index (χ4n) is 3.18. The average Bonchev–Trinajstić information content (AvgIpc) is 3.19. The number of benzene rings is 2. The molecule has 0 aliphatic carbocycles. The molecular weight excluding hydrogens is 418 g/mol. The number of carbonyl (C=O) groups is 1. The summed E-state index contributed by atoms with van der Waals surface area (Å²) < 4.78 is 40.7. The third kappa shape index (κ3) is 3.70. The zero-order chi connectivity index (χ0) is 21.6. The van der Waals surface area contributed by atoms with Crippen LogP contribution in [-0.4, -0.2) is 17.4 Å². The molecule has 9 heteroatoms. The van der Waals surface area contributed by atoms with Gasteiger partial charge in [-0.25, -0.2) is 0 Å². The number of halogens is 3. The molecule has 6 nitrogen and oxygen atoms in total. The molecule has 1 aliphatic heterocycles. The number of ether oxygens (including phenoxy) is 2. The number of hydrogen-bond acceptors (Lipinski definition) is 5. The number of alkyl halides is 2. The minimum atomic E-state index is -3.71. The van der Waals surface area contributed by atoms with Gasteiger partial charge in [-0.1, -0.05) is 42.7 Å². The van der Waals surface area contributed by atoms with E-state index in [-0.39, 0.29) is 28.3 Å². The first-order valence-electron chi connectivity index (χ1n) is 9.12. The van der Waals surface area contributed by atoms with Crippen LogP contribution in [0.15, 0.2) is 40.9 Å². The fraction of sp³-hybridized carbons (Fsp3) is 0.238. The van der Waals surface area contributed by atoms with Crippen LogP contribution in [0.4, 0.5) is 14.5 Å². The van der Waals surface area contributed by atoms with Gasteiger partial charge in [0.2, 0.25) is 0 Å². The first kappa shape index (κ1) is 20.2. The summed E-state index contributed by atoms with van der Waals surface area (Å²) in [6.45, 7) is 5.53. The fourth-order valence-corrected chi connectivity index (χ4v) is 3.44. The standard InChI is InChI=1S/C21H17ClF2N2O4/c1-10(2)19-18(11(3)26-30-19)20(27)25-13-6-4-12(5-7-13)14-8-16-17(9-15(14)22)29-21(23,24)28-16/h4-10H,1-3H3,(H,25,27). The number of anilines is 1. The third-order valence-corrected chi connectivity index (χ3v) is 4.90. The van der Waals surface area contributed by atoms with Crippen molar-refractivity contribution in [2.24, 2.45) is 0 Å². The van der Waals surface area contributed by atoms with Crippen molar-refractivity contribution in [3.05, 3.63) is 58.4 Å². The van der Waals surface area contributed by atoms with E-state index in [1.165, 1.54) is 12.1 Å². The van der Waals surface area contributed by atoms with Gasteiger partial charge in [-0.2, -0.15) is 0 Å². The van der Waals surface area contributed by atoms with Crippen molar-refractivity contribution in [2.45, 2.75) is 33.0 Å². The minimum absolute atomic E-state index is 0.00912. The number of aromatic nitrogens is 1. The van der Waals surface area contributed by atoms with E-state index < -0.39 is 6.29 Å². The summed E-state index contributed by atoms with van der Waals surface area (Å²) in [7, 11) is 0. The quantitative estimate of drug-likeness (QED) is 0.545. The molecular formula is C21H17ClF2N2O4. The van der Waals surface area contributed by atoms with Crippen LogP contribution >= 0.6 is 11.6 Å². The van der Waals surface area contributed by atoms with E-state index >= 15 is 0 Å². The molecule has 0 bridgehead atoms. The summed E-state index contributed by atoms with van der Waals surface area (Å²) >= 11 is 6.22. The van der Waals surface area contributed by atoms with E-state index in [1.54, 1.807) is 31.2 Å². The Kier molecular flexibility index (Phi) is 4.89. The van der Waals surface area contributed by atoms with Gasteiger partial charge in [-0.3, -0.25) is 4.79 Å². The highest BCUT2D eigenvalue weighted by Crippen LogP contribution is 2.46. The monoisotopic (exact) mass is 434 g/mol. The Balaban J connectivity index is 1.56. The Bertz CT molecular complexity index is 1130. The summed E-state index contributed by atoms with van der Waals surface area (Å²) in [5.74, 6) is -0.0161. The van der Waals surface area contributed by atoms with E-state index in [1.807, 2.05) is 13.8 Å². The Hall–Kier alpha value is -3.13. The predicted molar refractivity (Wildman–Crippen MR) is 106 cm³/mol. The van der Waals surface area contributed by atoms with Crippen molar-refractivity contribution in [2.75, 3.05) is 5.32 Å². The highest BCUT2D eigenvalue weighted by atomic mass is 35.5. The summed E-state index contributed by atoms with van der Waals surface area (Å²) in [5, 5.41) is 6.92. The van der Waals surface area contributed by atoms with Crippen molar-refractivity contribution in [3.63, 3.8) is 0 Å². The Morgan fingerprint density at radius 2 is 1.77 bits per heavy atom. The number of nitrogens with zero attached hydrogens (tertiary/aromatic N) is 1. The van der Waals surface area contributed by atoms with Crippen LogP contribution < -0.4 is 14.8 Å². The number of hydrogen-bond donors (Lipinski definition) is 1. The van der Waals surface area contributed by atoms with Crippen molar-refractivity contribution in [1.82, 2.24) is 5.16 Å². The second-order valence-electron chi connectivity index (χ2n) is 7.14. The molecule has 30 heavy (non-hydrogen) atoms. The first-order chi connectivity index (χ1) is 14.1. The molecule has 1 aliphatic rings. The maximum absolute atomic E-state index is 13.3. The summed E-state index contributed by atoms with van der Waals surface area (Å²) in [4.78, 5) is 12.7. The molecule has 4 rings (SSSR count). The van der Waals surface area contributed by atoms with Crippen LogP contribution in [0.3, 0.4) is 0 Å². The van der Waals surface area contributed by atoms with Gasteiger partial charge in [0.1, 0.15) is 5.56 Å². The smallest absolute Gasteiger partial charge is 0.395 e. The Morgan fingerprint density at radius 1 is 1.13 bits per heavy atom. The summed E-state index contributed by atoms with van der Waals surface area (Å²) in [6.07, 6.45) is -3.71. The van der Waals surface area contributed by atoms with Crippen molar-refractivity contribution >= 4 is 23.2 Å². The van der Waals surface area contributed by atoms with Gasteiger partial charge in [-0.15, -0.1) is 8.78 Å². The molecule has 1 aromatic heterocycles. The van der Waals surface area contributed by atoms with Gasteiger partial charge in [0.15, 0.2) is 17.3 Å². The maximum Gasteiger partial charge on any atom is 0.586 e. The highest BCUT2D eigenvalue weighted by molar-refractivity contribution is 6.33. The van der Waals surface area contributed by atoms with E-state index in [9.17, 15) is 13.6 Å². The molecule has 0 fully saturated rings. The van der Waals surface area contributed by atoms with Gasteiger partial charge in [-0.05, 0) is 30.7 Å². The minimum Gasteiger partial charge on any atom is -0.395 e. The molecule has 1 N–H and O–H groups in total. The second kappa shape index (κ2) is 7.28. The zero-order valence-corrected chi connectivity index (χ0v) is 17.0. The number of carbonyl (C=O) groups excluding carboxylic acids is 1.